The van der Waals surface area contributed by atoms with Crippen LogP contribution in [0.3, 0.4) is 0 Å². The zero-order valence-electron chi connectivity index (χ0n) is 10.8. The van der Waals surface area contributed by atoms with Gasteiger partial charge in [-0.05, 0) is 36.4 Å². The van der Waals surface area contributed by atoms with E-state index in [0.717, 1.165) is 6.29 Å². The number of para-hydroxylation sites is 1. The average molecular weight is 271 g/mol. The summed E-state index contributed by atoms with van der Waals surface area (Å²) in [5.41, 5.74) is 6.08. The number of rotatable bonds is 5. The number of carbonyl (C=O) groups excluding carboxylic acids is 2. The van der Waals surface area contributed by atoms with E-state index in [1.807, 2.05) is 0 Å². The summed E-state index contributed by atoms with van der Waals surface area (Å²) in [5.74, 6) is 0.521. The van der Waals surface area contributed by atoms with Crippen LogP contribution in [0.5, 0.6) is 17.2 Å². The molecule has 0 aliphatic rings. The smallest absolute Gasteiger partial charge is 0.252 e. The third kappa shape index (κ3) is 2.77. The molecular weight excluding hydrogens is 258 g/mol. The summed E-state index contributed by atoms with van der Waals surface area (Å²) >= 11 is 0. The molecule has 0 spiro atoms. The molecule has 0 bridgehead atoms. The maximum atomic E-state index is 11.4. The number of ether oxygens (including phenoxy) is 2. The molecule has 102 valence electrons. The second-order valence-corrected chi connectivity index (χ2v) is 3.99. The molecule has 2 aromatic rings. The molecule has 2 N–H and O–H groups in total. The van der Waals surface area contributed by atoms with Crippen molar-refractivity contribution in [3.05, 3.63) is 53.6 Å². The van der Waals surface area contributed by atoms with E-state index < -0.39 is 5.91 Å². The van der Waals surface area contributed by atoms with Gasteiger partial charge in [-0.1, -0.05) is 6.07 Å². The first-order chi connectivity index (χ1) is 9.65. The van der Waals surface area contributed by atoms with Gasteiger partial charge in [0.25, 0.3) is 5.91 Å². The van der Waals surface area contributed by atoms with Crippen molar-refractivity contribution >= 4 is 12.2 Å². The maximum absolute atomic E-state index is 11.4. The number of methoxy groups -OCH3 is 1. The van der Waals surface area contributed by atoms with Crippen LogP contribution in [0.1, 0.15) is 20.7 Å². The van der Waals surface area contributed by atoms with Crippen molar-refractivity contribution in [2.24, 2.45) is 5.73 Å². The number of amides is 1. The molecular formula is C15H13NO4. The summed E-state index contributed by atoms with van der Waals surface area (Å²) in [6.45, 7) is 0. The molecule has 2 rings (SSSR count). The molecule has 1 amide bonds. The van der Waals surface area contributed by atoms with Crippen LogP contribution in [0.15, 0.2) is 42.5 Å². The molecule has 0 unspecified atom stereocenters. The Bertz CT molecular complexity index is 635. The highest BCUT2D eigenvalue weighted by Gasteiger charge is 2.15. The topological polar surface area (TPSA) is 78.6 Å². The minimum Gasteiger partial charge on any atom is -0.493 e. The van der Waals surface area contributed by atoms with E-state index in [1.165, 1.54) is 7.11 Å². The number of hydrogen-bond donors (Lipinski definition) is 1. The van der Waals surface area contributed by atoms with Crippen LogP contribution in [0.25, 0.3) is 0 Å². The van der Waals surface area contributed by atoms with Gasteiger partial charge in [-0.15, -0.1) is 0 Å². The Balaban J connectivity index is 2.40. The van der Waals surface area contributed by atoms with Crippen LogP contribution in [0.2, 0.25) is 0 Å². The van der Waals surface area contributed by atoms with Crippen molar-refractivity contribution in [1.29, 1.82) is 0 Å². The standard InChI is InChI=1S/C15H13NO4/c1-19-13-4-2-3-12(15(16)18)14(13)20-11-7-5-10(9-17)6-8-11/h2-9H,1H3,(H2,16,18). The summed E-state index contributed by atoms with van der Waals surface area (Å²) in [4.78, 5) is 22.0. The summed E-state index contributed by atoms with van der Waals surface area (Å²) in [5, 5.41) is 0. The van der Waals surface area contributed by atoms with Crippen LogP contribution in [-0.4, -0.2) is 19.3 Å². The molecule has 0 saturated heterocycles. The SMILES string of the molecule is COc1cccc(C(N)=O)c1Oc1ccc(C=O)cc1. The van der Waals surface area contributed by atoms with Gasteiger partial charge in [-0.3, -0.25) is 9.59 Å². The lowest BCUT2D eigenvalue weighted by Crippen LogP contribution is -2.12. The number of carbonyl (C=O) groups is 2. The second-order valence-electron chi connectivity index (χ2n) is 3.99. The third-order valence-corrected chi connectivity index (χ3v) is 2.70. The lowest BCUT2D eigenvalue weighted by atomic mass is 10.1. The molecule has 0 atom stereocenters. The van der Waals surface area contributed by atoms with Gasteiger partial charge in [0.05, 0.1) is 12.7 Å². The minimum absolute atomic E-state index is 0.226. The van der Waals surface area contributed by atoms with Gasteiger partial charge in [0, 0.05) is 5.56 Å². The average Bonchev–Trinajstić information content (AvgIpc) is 2.48. The summed E-state index contributed by atoms with van der Waals surface area (Å²) in [6, 6.07) is 11.4. The van der Waals surface area contributed by atoms with Crippen LogP contribution >= 0.6 is 0 Å². The number of hydrogen-bond acceptors (Lipinski definition) is 4. The highest BCUT2D eigenvalue weighted by atomic mass is 16.5. The molecule has 5 nitrogen and oxygen atoms in total. The summed E-state index contributed by atoms with van der Waals surface area (Å²) in [6.07, 6.45) is 0.738. The quantitative estimate of drug-likeness (QED) is 0.847. The zero-order valence-corrected chi connectivity index (χ0v) is 10.8. The fourth-order valence-electron chi connectivity index (χ4n) is 1.71. The van der Waals surface area contributed by atoms with Gasteiger partial charge >= 0.3 is 0 Å². The Morgan fingerprint density at radius 3 is 2.40 bits per heavy atom. The highest BCUT2D eigenvalue weighted by molar-refractivity contribution is 5.96. The summed E-state index contributed by atoms with van der Waals surface area (Å²) < 4.78 is 10.8. The molecule has 5 heteroatoms. The van der Waals surface area contributed by atoms with Crippen molar-refractivity contribution < 1.29 is 19.1 Å². The van der Waals surface area contributed by atoms with Crippen LogP contribution in [0.4, 0.5) is 0 Å². The fraction of sp³-hybridized carbons (Fsp3) is 0.0667. The van der Waals surface area contributed by atoms with Gasteiger partial charge < -0.3 is 15.2 Å². The first-order valence-electron chi connectivity index (χ1n) is 5.85. The first kappa shape index (κ1) is 13.6. The number of primary amides is 1. The van der Waals surface area contributed by atoms with Crippen molar-refractivity contribution in [3.63, 3.8) is 0 Å². The van der Waals surface area contributed by atoms with Gasteiger partial charge in [-0.2, -0.15) is 0 Å². The maximum Gasteiger partial charge on any atom is 0.252 e. The van der Waals surface area contributed by atoms with E-state index in [2.05, 4.69) is 0 Å². The van der Waals surface area contributed by atoms with E-state index in [1.54, 1.807) is 42.5 Å². The number of benzene rings is 2. The zero-order chi connectivity index (χ0) is 14.5. The molecule has 0 heterocycles. The Morgan fingerprint density at radius 1 is 1.15 bits per heavy atom. The van der Waals surface area contributed by atoms with Crippen molar-refractivity contribution in [1.82, 2.24) is 0 Å². The van der Waals surface area contributed by atoms with Gasteiger partial charge in [0.2, 0.25) is 0 Å². The lowest BCUT2D eigenvalue weighted by molar-refractivity contribution is 0.0997. The van der Waals surface area contributed by atoms with Crippen LogP contribution < -0.4 is 15.2 Å². The normalized spacial score (nSPS) is 9.85. The van der Waals surface area contributed by atoms with Crippen molar-refractivity contribution in [3.8, 4) is 17.2 Å². The molecule has 2 aromatic carbocycles. The van der Waals surface area contributed by atoms with E-state index in [-0.39, 0.29) is 11.3 Å². The summed E-state index contributed by atoms with van der Waals surface area (Å²) in [7, 11) is 1.47. The van der Waals surface area contributed by atoms with Gasteiger partial charge in [-0.25, -0.2) is 0 Å². The first-order valence-corrected chi connectivity index (χ1v) is 5.85. The minimum atomic E-state index is -0.608. The van der Waals surface area contributed by atoms with Crippen molar-refractivity contribution in [2.75, 3.05) is 7.11 Å². The van der Waals surface area contributed by atoms with E-state index in [4.69, 9.17) is 15.2 Å². The van der Waals surface area contributed by atoms with Crippen molar-refractivity contribution in [2.45, 2.75) is 0 Å². The van der Waals surface area contributed by atoms with Crippen LogP contribution in [0, 0.1) is 0 Å². The van der Waals surface area contributed by atoms with E-state index >= 15 is 0 Å². The Morgan fingerprint density at radius 2 is 1.85 bits per heavy atom. The predicted octanol–water partition coefficient (Wildman–Crippen LogP) is 2.40. The fourth-order valence-corrected chi connectivity index (χ4v) is 1.71. The molecule has 0 aromatic heterocycles. The number of nitrogens with two attached hydrogens (primary N) is 1. The Labute approximate surface area is 115 Å². The molecule has 0 radical (unpaired) electrons. The Hall–Kier alpha value is -2.82. The Kier molecular flexibility index (Phi) is 4.00. The molecule has 0 fully saturated rings. The highest BCUT2D eigenvalue weighted by Crippen LogP contribution is 2.34. The van der Waals surface area contributed by atoms with E-state index in [0.29, 0.717) is 17.1 Å². The monoisotopic (exact) mass is 271 g/mol. The molecule has 20 heavy (non-hydrogen) atoms. The molecule has 0 saturated carbocycles. The van der Waals surface area contributed by atoms with Gasteiger partial charge in [0.1, 0.15) is 12.0 Å². The lowest BCUT2D eigenvalue weighted by Gasteiger charge is -2.13. The second kappa shape index (κ2) is 5.88. The van der Waals surface area contributed by atoms with Gasteiger partial charge in [0.15, 0.2) is 11.5 Å². The van der Waals surface area contributed by atoms with E-state index in [9.17, 15) is 9.59 Å². The molecule has 0 aliphatic carbocycles. The number of aldehydes is 1. The predicted molar refractivity (Wildman–Crippen MR) is 73.4 cm³/mol. The third-order valence-electron chi connectivity index (χ3n) is 2.70. The largest absolute Gasteiger partial charge is 0.493 e. The molecule has 0 aliphatic heterocycles. The van der Waals surface area contributed by atoms with Crippen LogP contribution in [-0.2, 0) is 0 Å².